The Kier molecular flexibility index (Phi) is 3.57. The molecule has 3 aromatic rings. The predicted molar refractivity (Wildman–Crippen MR) is 86.0 cm³/mol. The Morgan fingerprint density at radius 1 is 1.05 bits per heavy atom. The van der Waals surface area contributed by atoms with E-state index in [1.807, 2.05) is 12.1 Å². The first kappa shape index (κ1) is 13.9. The summed E-state index contributed by atoms with van der Waals surface area (Å²) in [5, 5.41) is 1.78. The number of aromatic nitrogens is 2. The van der Waals surface area contributed by atoms with E-state index in [9.17, 15) is 0 Å². The molecule has 2 aromatic carbocycles. The maximum atomic E-state index is 6.19. The summed E-state index contributed by atoms with van der Waals surface area (Å²) in [7, 11) is 1.60. The van der Waals surface area contributed by atoms with Crippen LogP contribution in [0.1, 0.15) is 0 Å². The van der Waals surface area contributed by atoms with E-state index >= 15 is 0 Å². The highest BCUT2D eigenvalue weighted by molar-refractivity contribution is 6.36. The van der Waals surface area contributed by atoms with Crippen LogP contribution in [-0.2, 0) is 0 Å². The lowest BCUT2D eigenvalue weighted by atomic mass is 10.1. The Morgan fingerprint density at radius 2 is 1.86 bits per heavy atom. The molecule has 0 radical (unpaired) electrons. The Bertz CT molecular complexity index is 837. The third-order valence-corrected chi connectivity index (χ3v) is 3.65. The number of nitrogens with two attached hydrogens (primary N) is 1. The Labute approximate surface area is 131 Å². The number of halogens is 2. The van der Waals surface area contributed by atoms with Gasteiger partial charge in [-0.05, 0) is 36.4 Å². The number of nitrogen functional groups attached to an aromatic ring is 1. The van der Waals surface area contributed by atoms with Gasteiger partial charge in [-0.3, -0.25) is 0 Å². The van der Waals surface area contributed by atoms with E-state index in [0.29, 0.717) is 33.0 Å². The van der Waals surface area contributed by atoms with Gasteiger partial charge in [0.2, 0.25) is 0 Å². The fourth-order valence-corrected chi connectivity index (χ4v) is 2.54. The van der Waals surface area contributed by atoms with Crippen LogP contribution in [-0.4, -0.2) is 17.1 Å². The molecule has 1 heterocycles. The molecule has 4 nitrogen and oxygen atoms in total. The van der Waals surface area contributed by atoms with Gasteiger partial charge >= 0.3 is 0 Å². The normalized spacial score (nSPS) is 10.8. The van der Waals surface area contributed by atoms with E-state index in [-0.39, 0.29) is 0 Å². The summed E-state index contributed by atoms with van der Waals surface area (Å²) in [4.78, 5) is 8.82. The fraction of sp³-hybridized carbons (Fsp3) is 0.0667. The molecule has 2 N–H and O–H groups in total. The van der Waals surface area contributed by atoms with Gasteiger partial charge in [-0.2, -0.15) is 0 Å². The molecular weight excluding hydrogens is 309 g/mol. The number of methoxy groups -OCH3 is 1. The first-order valence-electron chi connectivity index (χ1n) is 6.15. The fourth-order valence-electron chi connectivity index (χ4n) is 2.05. The van der Waals surface area contributed by atoms with Gasteiger partial charge in [-0.1, -0.05) is 23.2 Å². The molecule has 0 aliphatic rings. The molecule has 3 rings (SSSR count). The first-order chi connectivity index (χ1) is 10.1. The average Bonchev–Trinajstić information content (AvgIpc) is 2.47. The number of anilines is 1. The van der Waals surface area contributed by atoms with E-state index in [1.165, 1.54) is 0 Å². The van der Waals surface area contributed by atoms with Crippen LogP contribution < -0.4 is 10.5 Å². The second kappa shape index (κ2) is 5.39. The van der Waals surface area contributed by atoms with E-state index in [1.54, 1.807) is 31.4 Å². The van der Waals surface area contributed by atoms with Crippen molar-refractivity contribution in [2.75, 3.05) is 12.8 Å². The largest absolute Gasteiger partial charge is 0.497 e. The van der Waals surface area contributed by atoms with Gasteiger partial charge in [0.15, 0.2) is 5.82 Å². The van der Waals surface area contributed by atoms with E-state index in [4.69, 9.17) is 33.7 Å². The summed E-state index contributed by atoms with van der Waals surface area (Å²) in [6.45, 7) is 0. The molecule has 0 aliphatic heterocycles. The van der Waals surface area contributed by atoms with Crippen LogP contribution in [0, 0.1) is 0 Å². The van der Waals surface area contributed by atoms with Crippen molar-refractivity contribution in [2.24, 2.45) is 0 Å². The van der Waals surface area contributed by atoms with Crippen LogP contribution >= 0.6 is 23.2 Å². The molecular formula is C15H11Cl2N3O. The number of benzene rings is 2. The van der Waals surface area contributed by atoms with Crippen molar-refractivity contribution >= 4 is 39.9 Å². The quantitative estimate of drug-likeness (QED) is 0.769. The maximum absolute atomic E-state index is 6.19. The van der Waals surface area contributed by atoms with Gasteiger partial charge in [0.05, 0.1) is 17.6 Å². The summed E-state index contributed by atoms with van der Waals surface area (Å²) >= 11 is 12.1. The second-order valence-corrected chi connectivity index (χ2v) is 5.28. The molecule has 0 saturated heterocycles. The number of rotatable bonds is 2. The zero-order chi connectivity index (χ0) is 15.0. The highest BCUT2D eigenvalue weighted by Crippen LogP contribution is 2.31. The summed E-state index contributed by atoms with van der Waals surface area (Å²) in [5.74, 6) is 1.54. The minimum atomic E-state index is 0.375. The number of hydrogen-bond acceptors (Lipinski definition) is 4. The molecule has 0 bridgehead atoms. The van der Waals surface area contributed by atoms with Gasteiger partial charge < -0.3 is 10.5 Å². The van der Waals surface area contributed by atoms with Crippen molar-refractivity contribution in [1.29, 1.82) is 0 Å². The van der Waals surface area contributed by atoms with Crippen LogP contribution in [0.4, 0.5) is 5.82 Å². The molecule has 0 aliphatic carbocycles. The van der Waals surface area contributed by atoms with Gasteiger partial charge in [0.25, 0.3) is 0 Å². The molecule has 0 atom stereocenters. The van der Waals surface area contributed by atoms with Crippen LogP contribution in [0.3, 0.4) is 0 Å². The van der Waals surface area contributed by atoms with Crippen LogP contribution in [0.2, 0.25) is 10.0 Å². The van der Waals surface area contributed by atoms with Crippen molar-refractivity contribution in [3.05, 3.63) is 46.4 Å². The summed E-state index contributed by atoms with van der Waals surface area (Å²) in [6.07, 6.45) is 0. The number of ether oxygens (including phenoxy) is 1. The Morgan fingerprint density at radius 3 is 2.57 bits per heavy atom. The minimum Gasteiger partial charge on any atom is -0.497 e. The number of fused-ring (bicyclic) bond motifs is 1. The summed E-state index contributed by atoms with van der Waals surface area (Å²) in [5.41, 5.74) is 7.43. The van der Waals surface area contributed by atoms with E-state index in [0.717, 1.165) is 10.9 Å². The third-order valence-electron chi connectivity index (χ3n) is 3.10. The maximum Gasteiger partial charge on any atom is 0.163 e. The van der Waals surface area contributed by atoms with Crippen molar-refractivity contribution in [3.63, 3.8) is 0 Å². The molecule has 1 aromatic heterocycles. The van der Waals surface area contributed by atoms with Gasteiger partial charge in [0.1, 0.15) is 11.6 Å². The monoisotopic (exact) mass is 319 g/mol. The summed E-state index contributed by atoms with van der Waals surface area (Å²) < 4.78 is 5.18. The molecule has 21 heavy (non-hydrogen) atoms. The lowest BCUT2D eigenvalue weighted by Gasteiger charge is -2.08. The zero-order valence-electron chi connectivity index (χ0n) is 11.1. The Hall–Kier alpha value is -2.04. The van der Waals surface area contributed by atoms with E-state index < -0.39 is 0 Å². The van der Waals surface area contributed by atoms with Crippen molar-refractivity contribution in [1.82, 2.24) is 9.97 Å². The van der Waals surface area contributed by atoms with Gasteiger partial charge in [-0.15, -0.1) is 0 Å². The third kappa shape index (κ3) is 2.60. The molecule has 0 saturated carbocycles. The second-order valence-electron chi connectivity index (χ2n) is 4.44. The highest BCUT2D eigenvalue weighted by atomic mass is 35.5. The smallest absolute Gasteiger partial charge is 0.163 e. The number of hydrogen-bond donors (Lipinski definition) is 1. The van der Waals surface area contributed by atoms with Crippen molar-refractivity contribution in [2.45, 2.75) is 0 Å². The standard InChI is InChI=1S/C15H11Cl2N3O/c1-21-9-3-5-13-11(7-9)14(18)20-15(19-13)10-4-2-8(16)6-12(10)17/h2-7H,1H3,(H2,18,19,20). The van der Waals surface area contributed by atoms with Crippen molar-refractivity contribution < 1.29 is 4.74 Å². The van der Waals surface area contributed by atoms with Crippen LogP contribution in [0.5, 0.6) is 5.75 Å². The average molecular weight is 320 g/mol. The van der Waals surface area contributed by atoms with Gasteiger partial charge in [0, 0.05) is 16.0 Å². The zero-order valence-corrected chi connectivity index (χ0v) is 12.6. The lowest BCUT2D eigenvalue weighted by molar-refractivity contribution is 0.415. The lowest BCUT2D eigenvalue weighted by Crippen LogP contribution is -1.98. The molecule has 0 unspecified atom stereocenters. The van der Waals surface area contributed by atoms with E-state index in [2.05, 4.69) is 9.97 Å². The molecule has 0 spiro atoms. The minimum absolute atomic E-state index is 0.375. The highest BCUT2D eigenvalue weighted by Gasteiger charge is 2.11. The number of nitrogens with zero attached hydrogens (tertiary/aromatic N) is 2. The predicted octanol–water partition coefficient (Wildman–Crippen LogP) is 4.19. The molecule has 6 heteroatoms. The van der Waals surface area contributed by atoms with Crippen LogP contribution in [0.15, 0.2) is 36.4 Å². The first-order valence-corrected chi connectivity index (χ1v) is 6.91. The summed E-state index contributed by atoms with van der Waals surface area (Å²) in [6, 6.07) is 10.6. The van der Waals surface area contributed by atoms with Crippen LogP contribution in [0.25, 0.3) is 22.3 Å². The topological polar surface area (TPSA) is 61.0 Å². The van der Waals surface area contributed by atoms with Crippen molar-refractivity contribution in [3.8, 4) is 17.1 Å². The molecule has 0 amide bonds. The SMILES string of the molecule is COc1ccc2nc(-c3ccc(Cl)cc3Cl)nc(N)c2c1. The van der Waals surface area contributed by atoms with Gasteiger partial charge in [-0.25, -0.2) is 9.97 Å². The Balaban J connectivity index is 2.20. The molecule has 0 fully saturated rings. The molecule has 106 valence electrons.